The van der Waals surface area contributed by atoms with E-state index in [-0.39, 0.29) is 0 Å². The molecule has 0 saturated heterocycles. The Kier molecular flexibility index (Phi) is 4.29. The summed E-state index contributed by atoms with van der Waals surface area (Å²) in [6, 6.07) is 9.28. The predicted octanol–water partition coefficient (Wildman–Crippen LogP) is 3.62. The number of hydrogen-bond acceptors (Lipinski definition) is 2. The molecular formula is C18H27N3. The van der Waals surface area contributed by atoms with Crippen molar-refractivity contribution in [3.05, 3.63) is 30.1 Å². The van der Waals surface area contributed by atoms with Crippen LogP contribution in [0, 0.1) is 11.8 Å². The molecule has 1 aromatic carbocycles. The summed E-state index contributed by atoms with van der Waals surface area (Å²) < 4.78 is 2.37. The molecule has 21 heavy (non-hydrogen) atoms. The maximum Gasteiger partial charge on any atom is 0.110 e. The van der Waals surface area contributed by atoms with E-state index in [2.05, 4.69) is 54.9 Å². The van der Waals surface area contributed by atoms with Gasteiger partial charge in [0.1, 0.15) is 5.82 Å². The van der Waals surface area contributed by atoms with Crippen LogP contribution in [0.5, 0.6) is 0 Å². The predicted molar refractivity (Wildman–Crippen MR) is 88.5 cm³/mol. The highest BCUT2D eigenvalue weighted by Crippen LogP contribution is 2.23. The molecule has 1 aliphatic rings. The lowest BCUT2D eigenvalue weighted by Gasteiger charge is -2.20. The normalized spacial score (nSPS) is 18.0. The lowest BCUT2D eigenvalue weighted by atomic mass is 9.92. The van der Waals surface area contributed by atoms with E-state index < -0.39 is 0 Å². The van der Waals surface area contributed by atoms with Gasteiger partial charge in [0.2, 0.25) is 0 Å². The second-order valence-electron chi connectivity index (χ2n) is 6.60. The third-order valence-electron chi connectivity index (χ3n) is 4.83. The zero-order valence-electron chi connectivity index (χ0n) is 13.5. The van der Waals surface area contributed by atoms with Crippen LogP contribution in [0.25, 0.3) is 11.0 Å². The molecule has 1 heterocycles. The van der Waals surface area contributed by atoms with Gasteiger partial charge >= 0.3 is 0 Å². The van der Waals surface area contributed by atoms with E-state index in [1.807, 2.05) is 0 Å². The molecule has 1 saturated carbocycles. The van der Waals surface area contributed by atoms with Crippen LogP contribution in [0.2, 0.25) is 0 Å². The maximum atomic E-state index is 4.86. The van der Waals surface area contributed by atoms with E-state index >= 15 is 0 Å². The minimum Gasteiger partial charge on any atom is -0.328 e. The highest BCUT2D eigenvalue weighted by molar-refractivity contribution is 5.75. The van der Waals surface area contributed by atoms with Crippen molar-refractivity contribution in [2.24, 2.45) is 11.8 Å². The Morgan fingerprint density at radius 2 is 2.00 bits per heavy atom. The molecule has 2 atom stereocenters. The van der Waals surface area contributed by atoms with E-state index in [0.29, 0.717) is 11.8 Å². The number of aryl methyl sites for hydroxylation is 1. The minimum atomic E-state index is 0.651. The number of nitrogens with one attached hydrogen (secondary N) is 1. The van der Waals surface area contributed by atoms with Crippen molar-refractivity contribution < 1.29 is 0 Å². The van der Waals surface area contributed by atoms with E-state index in [1.165, 1.54) is 24.2 Å². The van der Waals surface area contributed by atoms with Gasteiger partial charge in [-0.15, -0.1) is 0 Å². The molecule has 1 aromatic heterocycles. The maximum absolute atomic E-state index is 4.86. The number of fused-ring (bicyclic) bond motifs is 1. The molecule has 0 amide bonds. The van der Waals surface area contributed by atoms with Gasteiger partial charge in [0.15, 0.2) is 0 Å². The monoisotopic (exact) mass is 285 g/mol. The third-order valence-corrected chi connectivity index (χ3v) is 4.83. The molecule has 0 spiro atoms. The molecule has 114 valence electrons. The Morgan fingerprint density at radius 1 is 1.24 bits per heavy atom. The van der Waals surface area contributed by atoms with Crippen LogP contribution in [-0.2, 0) is 13.0 Å². The van der Waals surface area contributed by atoms with Crippen LogP contribution in [0.3, 0.4) is 0 Å². The fourth-order valence-electron chi connectivity index (χ4n) is 2.96. The Labute approximate surface area is 127 Å². The topological polar surface area (TPSA) is 29.9 Å². The highest BCUT2D eigenvalue weighted by Gasteiger charge is 2.23. The molecule has 1 N–H and O–H groups in total. The molecule has 0 aliphatic heterocycles. The molecule has 2 unspecified atom stereocenters. The smallest absolute Gasteiger partial charge is 0.110 e. The van der Waals surface area contributed by atoms with Crippen molar-refractivity contribution in [3.8, 4) is 0 Å². The largest absolute Gasteiger partial charge is 0.328 e. The first-order chi connectivity index (χ1) is 10.2. The van der Waals surface area contributed by atoms with Gasteiger partial charge in [0.05, 0.1) is 11.0 Å². The van der Waals surface area contributed by atoms with Gasteiger partial charge in [-0.05, 0) is 50.3 Å². The summed E-state index contributed by atoms with van der Waals surface area (Å²) in [7, 11) is 0. The summed E-state index contributed by atoms with van der Waals surface area (Å²) >= 11 is 0. The first-order valence-corrected chi connectivity index (χ1v) is 8.36. The van der Waals surface area contributed by atoms with Crippen LogP contribution < -0.4 is 5.32 Å². The summed E-state index contributed by atoms with van der Waals surface area (Å²) in [5.41, 5.74) is 2.40. The van der Waals surface area contributed by atoms with Crippen molar-refractivity contribution >= 4 is 11.0 Å². The van der Waals surface area contributed by atoms with Gasteiger partial charge in [-0.3, -0.25) is 0 Å². The average molecular weight is 285 g/mol. The minimum absolute atomic E-state index is 0.651. The van der Waals surface area contributed by atoms with Crippen molar-refractivity contribution in [2.75, 3.05) is 6.54 Å². The van der Waals surface area contributed by atoms with Gasteiger partial charge < -0.3 is 9.88 Å². The standard InChI is InChI=1S/C18H27N3/c1-4-21-17-8-6-5-7-16(17)20-18(21)11-13(2)14(3)12-19-15-9-10-15/h5-8,13-15,19H,4,9-12H2,1-3H3. The summed E-state index contributed by atoms with van der Waals surface area (Å²) in [6.45, 7) is 9.06. The van der Waals surface area contributed by atoms with Crippen LogP contribution in [0.4, 0.5) is 0 Å². The fourth-order valence-corrected chi connectivity index (χ4v) is 2.96. The van der Waals surface area contributed by atoms with E-state index in [9.17, 15) is 0 Å². The van der Waals surface area contributed by atoms with Crippen LogP contribution in [0.1, 0.15) is 39.4 Å². The Morgan fingerprint density at radius 3 is 2.71 bits per heavy atom. The van der Waals surface area contributed by atoms with Gasteiger partial charge in [0.25, 0.3) is 0 Å². The Hall–Kier alpha value is -1.35. The van der Waals surface area contributed by atoms with E-state index in [0.717, 1.165) is 31.1 Å². The highest BCUT2D eigenvalue weighted by atomic mass is 15.1. The van der Waals surface area contributed by atoms with Crippen molar-refractivity contribution in [2.45, 2.75) is 52.6 Å². The SMILES string of the molecule is CCn1c(CC(C)C(C)CNC2CC2)nc2ccccc21. The Bertz CT molecular complexity index is 598. The average Bonchev–Trinajstić information content (AvgIpc) is 3.25. The summed E-state index contributed by atoms with van der Waals surface area (Å²) in [6.07, 6.45) is 3.80. The molecule has 3 rings (SSSR count). The fraction of sp³-hybridized carbons (Fsp3) is 0.611. The molecule has 2 aromatic rings. The molecular weight excluding hydrogens is 258 g/mol. The summed E-state index contributed by atoms with van der Waals surface area (Å²) in [4.78, 5) is 4.86. The second kappa shape index (κ2) is 6.18. The van der Waals surface area contributed by atoms with Crippen LogP contribution in [-0.4, -0.2) is 22.1 Å². The molecule has 3 nitrogen and oxygen atoms in total. The first-order valence-electron chi connectivity index (χ1n) is 8.36. The van der Waals surface area contributed by atoms with Crippen LogP contribution in [0.15, 0.2) is 24.3 Å². The van der Waals surface area contributed by atoms with E-state index in [1.54, 1.807) is 0 Å². The lowest BCUT2D eigenvalue weighted by Crippen LogP contribution is -2.28. The number of benzene rings is 1. The van der Waals surface area contributed by atoms with E-state index in [4.69, 9.17) is 4.98 Å². The van der Waals surface area contributed by atoms with Crippen molar-refractivity contribution in [1.29, 1.82) is 0 Å². The third kappa shape index (κ3) is 3.29. The number of aromatic nitrogens is 2. The zero-order chi connectivity index (χ0) is 14.8. The lowest BCUT2D eigenvalue weighted by molar-refractivity contribution is 0.356. The van der Waals surface area contributed by atoms with Gasteiger partial charge in [-0.25, -0.2) is 4.98 Å². The molecule has 3 heteroatoms. The number of hydrogen-bond donors (Lipinski definition) is 1. The van der Waals surface area contributed by atoms with Gasteiger partial charge in [0, 0.05) is 19.0 Å². The van der Waals surface area contributed by atoms with Gasteiger partial charge in [-0.2, -0.15) is 0 Å². The number of imidazole rings is 1. The van der Waals surface area contributed by atoms with Crippen molar-refractivity contribution in [3.63, 3.8) is 0 Å². The zero-order valence-corrected chi connectivity index (χ0v) is 13.5. The molecule has 0 bridgehead atoms. The first kappa shape index (κ1) is 14.6. The van der Waals surface area contributed by atoms with Gasteiger partial charge in [-0.1, -0.05) is 26.0 Å². The number of nitrogens with zero attached hydrogens (tertiary/aromatic N) is 2. The second-order valence-corrected chi connectivity index (χ2v) is 6.60. The summed E-state index contributed by atoms with van der Waals surface area (Å²) in [5, 5.41) is 3.65. The molecule has 1 aliphatic carbocycles. The van der Waals surface area contributed by atoms with Crippen molar-refractivity contribution in [1.82, 2.24) is 14.9 Å². The Balaban J connectivity index is 1.70. The molecule has 0 radical (unpaired) electrons. The molecule has 1 fully saturated rings. The number of rotatable bonds is 7. The number of para-hydroxylation sites is 2. The summed E-state index contributed by atoms with van der Waals surface area (Å²) in [5.74, 6) is 2.58. The van der Waals surface area contributed by atoms with Crippen LogP contribution >= 0.6 is 0 Å². The quantitative estimate of drug-likeness (QED) is 0.842.